The average Bonchev–Trinajstić information content (AvgIpc) is 1.99. The zero-order chi connectivity index (χ0) is 7.98. The molecule has 0 bridgehead atoms. The standard InChI is InChI=1S/C8H10F2/c1-3-7(2)4-5-8(10)6-9/h3-6H,1-2H3/b5-4-,7-3-,8-6-. The first-order chi connectivity index (χ1) is 4.70. The zero-order valence-corrected chi connectivity index (χ0v) is 6.07. The molecule has 0 radical (unpaired) electrons. The molecule has 0 aliphatic rings. The van der Waals surface area contributed by atoms with Crippen LogP contribution < -0.4 is 0 Å². The van der Waals surface area contributed by atoms with E-state index in [2.05, 4.69) is 0 Å². The molecule has 56 valence electrons. The normalized spacial score (nSPS) is 14.8. The van der Waals surface area contributed by atoms with Crippen molar-refractivity contribution >= 4 is 0 Å². The topological polar surface area (TPSA) is 0 Å². The van der Waals surface area contributed by atoms with Crippen molar-refractivity contribution in [3.8, 4) is 0 Å². The van der Waals surface area contributed by atoms with Crippen LogP contribution in [0.4, 0.5) is 8.78 Å². The van der Waals surface area contributed by atoms with E-state index in [0.29, 0.717) is 0 Å². The largest absolute Gasteiger partial charge is 0.212 e. The van der Waals surface area contributed by atoms with Crippen molar-refractivity contribution < 1.29 is 8.78 Å². The average molecular weight is 144 g/mol. The van der Waals surface area contributed by atoms with Gasteiger partial charge >= 0.3 is 0 Å². The quantitative estimate of drug-likeness (QED) is 0.521. The van der Waals surface area contributed by atoms with Crippen LogP contribution in [-0.2, 0) is 0 Å². The third-order valence-electron chi connectivity index (χ3n) is 1.07. The maximum absolute atomic E-state index is 12.0. The van der Waals surface area contributed by atoms with Gasteiger partial charge in [-0.2, -0.15) is 0 Å². The highest BCUT2D eigenvalue weighted by Gasteiger charge is 1.84. The molecule has 0 aromatic rings. The van der Waals surface area contributed by atoms with Crippen molar-refractivity contribution in [3.63, 3.8) is 0 Å². The summed E-state index contributed by atoms with van der Waals surface area (Å²) in [4.78, 5) is 0. The first-order valence-electron chi connectivity index (χ1n) is 2.97. The molecule has 2 heteroatoms. The lowest BCUT2D eigenvalue weighted by Gasteiger charge is -1.85. The van der Waals surface area contributed by atoms with E-state index in [1.165, 1.54) is 6.08 Å². The Kier molecular flexibility index (Phi) is 4.46. The third kappa shape index (κ3) is 4.01. The van der Waals surface area contributed by atoms with Gasteiger partial charge in [-0.3, -0.25) is 0 Å². The predicted molar refractivity (Wildman–Crippen MR) is 38.9 cm³/mol. The number of hydrogen-bond acceptors (Lipinski definition) is 0. The summed E-state index contributed by atoms with van der Waals surface area (Å²) in [6, 6.07) is 0. The molecule has 0 rings (SSSR count). The van der Waals surface area contributed by atoms with Crippen LogP contribution in [0.3, 0.4) is 0 Å². The third-order valence-corrected chi connectivity index (χ3v) is 1.07. The smallest absolute Gasteiger partial charge is 0.151 e. The van der Waals surface area contributed by atoms with Gasteiger partial charge in [0, 0.05) is 0 Å². The van der Waals surface area contributed by atoms with E-state index < -0.39 is 5.83 Å². The van der Waals surface area contributed by atoms with Gasteiger partial charge in [-0.15, -0.1) is 0 Å². The van der Waals surface area contributed by atoms with Crippen molar-refractivity contribution in [1.29, 1.82) is 0 Å². The highest BCUT2D eigenvalue weighted by Crippen LogP contribution is 2.02. The maximum atomic E-state index is 12.0. The molecule has 0 heterocycles. The molecule has 0 nitrogen and oxygen atoms in total. The van der Waals surface area contributed by atoms with Crippen LogP contribution in [0.2, 0.25) is 0 Å². The van der Waals surface area contributed by atoms with Crippen LogP contribution in [0.1, 0.15) is 13.8 Å². The van der Waals surface area contributed by atoms with Gasteiger partial charge in [0.2, 0.25) is 0 Å². The lowest BCUT2D eigenvalue weighted by atomic mass is 10.2. The van der Waals surface area contributed by atoms with Crippen LogP contribution in [0.15, 0.2) is 36.0 Å². The summed E-state index contributed by atoms with van der Waals surface area (Å²) >= 11 is 0. The predicted octanol–water partition coefficient (Wildman–Crippen LogP) is 3.29. The zero-order valence-electron chi connectivity index (χ0n) is 6.07. The van der Waals surface area contributed by atoms with Gasteiger partial charge in [0.1, 0.15) is 6.33 Å². The summed E-state index contributed by atoms with van der Waals surface area (Å²) < 4.78 is 23.3. The number of halogens is 2. The Bertz CT molecular complexity index is 156. The molecular formula is C8H10F2. The van der Waals surface area contributed by atoms with Crippen LogP contribution in [0.25, 0.3) is 0 Å². The molecule has 0 aromatic carbocycles. The minimum absolute atomic E-state index is 0.0700. The number of rotatable bonds is 2. The minimum atomic E-state index is -0.860. The van der Waals surface area contributed by atoms with Crippen LogP contribution >= 0.6 is 0 Å². The van der Waals surface area contributed by atoms with E-state index in [1.807, 2.05) is 19.9 Å². The van der Waals surface area contributed by atoms with E-state index >= 15 is 0 Å². The minimum Gasteiger partial charge on any atom is -0.212 e. The van der Waals surface area contributed by atoms with Crippen molar-refractivity contribution in [3.05, 3.63) is 36.0 Å². The van der Waals surface area contributed by atoms with Crippen LogP contribution in [0.5, 0.6) is 0 Å². The Balaban J connectivity index is 4.01. The van der Waals surface area contributed by atoms with E-state index in [9.17, 15) is 8.78 Å². The monoisotopic (exact) mass is 144 g/mol. The second kappa shape index (κ2) is 4.91. The number of allylic oxidation sites excluding steroid dienone is 5. The van der Waals surface area contributed by atoms with E-state index in [0.717, 1.165) is 11.6 Å². The SMILES string of the molecule is C\C=C(C)/C=C\C(F)=C\F. The Morgan fingerprint density at radius 3 is 2.30 bits per heavy atom. The summed E-state index contributed by atoms with van der Waals surface area (Å²) in [7, 11) is 0. The maximum Gasteiger partial charge on any atom is 0.151 e. The molecule has 0 unspecified atom stereocenters. The molecule has 10 heavy (non-hydrogen) atoms. The molecule has 0 spiro atoms. The van der Waals surface area contributed by atoms with E-state index in [-0.39, 0.29) is 6.33 Å². The van der Waals surface area contributed by atoms with E-state index in [1.54, 1.807) is 0 Å². The number of hydrogen-bond donors (Lipinski definition) is 0. The molecule has 0 aliphatic carbocycles. The second-order valence-electron chi connectivity index (χ2n) is 1.86. The van der Waals surface area contributed by atoms with Crippen LogP contribution in [-0.4, -0.2) is 0 Å². The van der Waals surface area contributed by atoms with Gasteiger partial charge in [0.05, 0.1) is 0 Å². The van der Waals surface area contributed by atoms with Crippen molar-refractivity contribution in [2.24, 2.45) is 0 Å². The van der Waals surface area contributed by atoms with Gasteiger partial charge in [-0.1, -0.05) is 17.7 Å². The highest BCUT2D eigenvalue weighted by molar-refractivity contribution is 5.21. The molecular weight excluding hydrogens is 134 g/mol. The van der Waals surface area contributed by atoms with Gasteiger partial charge in [-0.25, -0.2) is 8.78 Å². The molecule has 0 aromatic heterocycles. The van der Waals surface area contributed by atoms with Gasteiger partial charge < -0.3 is 0 Å². The van der Waals surface area contributed by atoms with Crippen LogP contribution in [0, 0.1) is 0 Å². The van der Waals surface area contributed by atoms with Crippen molar-refractivity contribution in [1.82, 2.24) is 0 Å². The summed E-state index contributed by atoms with van der Waals surface area (Å²) in [5.74, 6) is -0.860. The van der Waals surface area contributed by atoms with Gasteiger partial charge in [0.15, 0.2) is 5.83 Å². The fraction of sp³-hybridized carbons (Fsp3) is 0.250. The molecule has 0 saturated heterocycles. The highest BCUT2D eigenvalue weighted by atomic mass is 19.2. The molecule has 0 N–H and O–H groups in total. The van der Waals surface area contributed by atoms with E-state index in [4.69, 9.17) is 0 Å². The van der Waals surface area contributed by atoms with Gasteiger partial charge in [-0.05, 0) is 19.9 Å². The molecule has 0 saturated carbocycles. The molecule has 0 amide bonds. The molecule has 0 fully saturated rings. The van der Waals surface area contributed by atoms with Crippen molar-refractivity contribution in [2.45, 2.75) is 13.8 Å². The summed E-state index contributed by atoms with van der Waals surface area (Å²) in [5, 5.41) is 0. The summed E-state index contributed by atoms with van der Waals surface area (Å²) in [6.07, 6.45) is 4.32. The first-order valence-corrected chi connectivity index (χ1v) is 2.97. The summed E-state index contributed by atoms with van der Waals surface area (Å²) in [6.45, 7) is 3.64. The lowest BCUT2D eigenvalue weighted by Crippen LogP contribution is -1.66. The second-order valence-corrected chi connectivity index (χ2v) is 1.86. The Morgan fingerprint density at radius 1 is 1.30 bits per heavy atom. The Morgan fingerprint density at radius 2 is 1.90 bits per heavy atom. The summed E-state index contributed by atoms with van der Waals surface area (Å²) in [5.41, 5.74) is 0.900. The molecule has 0 atom stereocenters. The molecule has 0 aliphatic heterocycles. The Hall–Kier alpha value is -0.920. The Labute approximate surface area is 59.6 Å². The fourth-order valence-electron chi connectivity index (χ4n) is 0.344. The first kappa shape index (κ1) is 9.08. The van der Waals surface area contributed by atoms with Gasteiger partial charge in [0.25, 0.3) is 0 Å². The fourth-order valence-corrected chi connectivity index (χ4v) is 0.344. The lowest BCUT2D eigenvalue weighted by molar-refractivity contribution is 0.606. The van der Waals surface area contributed by atoms with Crippen molar-refractivity contribution in [2.75, 3.05) is 0 Å².